The predicted molar refractivity (Wildman–Crippen MR) is 82.8 cm³/mol. The molecule has 0 aliphatic heterocycles. The van der Waals surface area contributed by atoms with Gasteiger partial charge in [-0.15, -0.1) is 0 Å². The zero-order valence-corrected chi connectivity index (χ0v) is 13.0. The van der Waals surface area contributed by atoms with Crippen molar-refractivity contribution in [1.82, 2.24) is 4.98 Å². The number of aromatic nitrogens is 1. The van der Waals surface area contributed by atoms with Crippen LogP contribution < -0.4 is 5.73 Å². The van der Waals surface area contributed by atoms with Crippen molar-refractivity contribution in [2.45, 2.75) is 52.4 Å². The molecule has 0 spiro atoms. The molecule has 4 aliphatic rings. The normalized spacial score (nSPS) is 44.0. The van der Waals surface area contributed by atoms with E-state index in [0.29, 0.717) is 22.1 Å². The molecule has 4 fully saturated rings. The van der Waals surface area contributed by atoms with E-state index in [1.165, 1.54) is 19.3 Å². The molecule has 2 unspecified atom stereocenters. The lowest BCUT2D eigenvalue weighted by Gasteiger charge is -2.64. The van der Waals surface area contributed by atoms with Crippen LogP contribution in [0.15, 0.2) is 18.5 Å². The van der Waals surface area contributed by atoms with Crippen LogP contribution in [-0.2, 0) is 0 Å². The maximum absolute atomic E-state index is 13.3. The lowest BCUT2D eigenvalue weighted by atomic mass is 9.39. The fourth-order valence-corrected chi connectivity index (χ4v) is 6.58. The number of nitrogens with two attached hydrogens (primary N) is 1. The summed E-state index contributed by atoms with van der Waals surface area (Å²) in [6.45, 7) is 4.79. The highest BCUT2D eigenvalue weighted by Crippen LogP contribution is 2.70. The smallest absolute Gasteiger partial charge is 0.172 e. The van der Waals surface area contributed by atoms with Crippen LogP contribution in [0.4, 0.5) is 5.69 Å². The summed E-state index contributed by atoms with van der Waals surface area (Å²) >= 11 is 0. The summed E-state index contributed by atoms with van der Waals surface area (Å²) in [4.78, 5) is 17.4. The minimum atomic E-state index is -0.180. The Morgan fingerprint density at radius 3 is 2.43 bits per heavy atom. The van der Waals surface area contributed by atoms with Crippen molar-refractivity contribution in [3.05, 3.63) is 24.0 Å². The van der Waals surface area contributed by atoms with Crippen molar-refractivity contribution in [2.24, 2.45) is 22.2 Å². The largest absolute Gasteiger partial charge is 0.398 e. The first-order valence-corrected chi connectivity index (χ1v) is 8.08. The Morgan fingerprint density at radius 2 is 1.86 bits per heavy atom. The maximum atomic E-state index is 13.3. The molecular formula is C18H24N2O. The third-order valence-corrected chi connectivity index (χ3v) is 6.21. The van der Waals surface area contributed by atoms with Crippen LogP contribution in [0.3, 0.4) is 0 Å². The van der Waals surface area contributed by atoms with Gasteiger partial charge in [-0.25, -0.2) is 0 Å². The zero-order valence-electron chi connectivity index (χ0n) is 13.0. The molecule has 1 aromatic heterocycles. The van der Waals surface area contributed by atoms with Crippen LogP contribution >= 0.6 is 0 Å². The van der Waals surface area contributed by atoms with Crippen molar-refractivity contribution in [1.29, 1.82) is 0 Å². The van der Waals surface area contributed by atoms with E-state index in [9.17, 15) is 4.79 Å². The summed E-state index contributed by atoms with van der Waals surface area (Å²) in [5, 5.41) is 0. The molecule has 0 amide bonds. The van der Waals surface area contributed by atoms with Crippen LogP contribution in [-0.4, -0.2) is 10.8 Å². The van der Waals surface area contributed by atoms with Gasteiger partial charge in [0.05, 0.1) is 5.56 Å². The molecule has 4 aliphatic carbocycles. The molecule has 2 atom stereocenters. The van der Waals surface area contributed by atoms with Gasteiger partial charge in [-0.2, -0.15) is 0 Å². The van der Waals surface area contributed by atoms with Crippen molar-refractivity contribution < 1.29 is 4.79 Å². The number of nitrogen functional groups attached to an aromatic ring is 1. The minimum absolute atomic E-state index is 0.180. The number of pyridine rings is 1. The Morgan fingerprint density at radius 1 is 1.19 bits per heavy atom. The molecule has 3 heteroatoms. The fraction of sp³-hybridized carbons (Fsp3) is 0.667. The standard InChI is InChI=1S/C18H24N2O/c1-16-5-12-6-17(2,9-16)11-18(7-12,10-16)15(21)13-8-20-4-3-14(13)19/h3-4,8,12H,5-7,9-11H2,1-2H3,(H2,19,20). The summed E-state index contributed by atoms with van der Waals surface area (Å²) in [5.74, 6) is 0.979. The molecule has 0 radical (unpaired) electrons. The second-order valence-corrected chi connectivity index (χ2v) is 8.70. The SMILES string of the molecule is CC12CC3CC(C)(C1)CC(C(=O)c1cnccc1N)(C3)C2. The van der Waals surface area contributed by atoms with E-state index in [1.54, 1.807) is 18.5 Å². The quantitative estimate of drug-likeness (QED) is 0.839. The first kappa shape index (κ1) is 13.3. The summed E-state index contributed by atoms with van der Waals surface area (Å²) in [7, 11) is 0. The van der Waals surface area contributed by atoms with Crippen molar-refractivity contribution in [2.75, 3.05) is 5.73 Å². The Labute approximate surface area is 126 Å². The van der Waals surface area contributed by atoms with Crippen molar-refractivity contribution >= 4 is 11.5 Å². The molecule has 5 rings (SSSR count). The average molecular weight is 284 g/mol. The van der Waals surface area contributed by atoms with Crippen LogP contribution in [0.5, 0.6) is 0 Å². The molecular weight excluding hydrogens is 260 g/mol. The molecule has 4 bridgehead atoms. The van der Waals surface area contributed by atoms with Gasteiger partial charge >= 0.3 is 0 Å². The van der Waals surface area contributed by atoms with Crippen LogP contribution in [0.1, 0.15) is 62.7 Å². The molecule has 1 aromatic rings. The van der Waals surface area contributed by atoms with Gasteiger partial charge in [0, 0.05) is 23.5 Å². The monoisotopic (exact) mass is 284 g/mol. The Kier molecular flexibility index (Phi) is 2.45. The number of hydrogen-bond acceptors (Lipinski definition) is 3. The van der Waals surface area contributed by atoms with E-state index in [-0.39, 0.29) is 11.2 Å². The Hall–Kier alpha value is -1.38. The van der Waals surface area contributed by atoms with E-state index in [2.05, 4.69) is 18.8 Å². The fourth-order valence-electron chi connectivity index (χ4n) is 6.58. The van der Waals surface area contributed by atoms with E-state index in [1.807, 2.05) is 0 Å². The average Bonchev–Trinajstić information content (AvgIpc) is 2.34. The topological polar surface area (TPSA) is 56.0 Å². The summed E-state index contributed by atoms with van der Waals surface area (Å²) in [5.41, 5.74) is 7.79. The number of carbonyl (C=O) groups is 1. The summed E-state index contributed by atoms with van der Waals surface area (Å²) in [6, 6.07) is 1.75. The van der Waals surface area contributed by atoms with Gasteiger partial charge in [-0.05, 0) is 61.3 Å². The number of rotatable bonds is 2. The number of anilines is 1. The molecule has 21 heavy (non-hydrogen) atoms. The van der Waals surface area contributed by atoms with E-state index in [0.717, 1.165) is 25.2 Å². The van der Waals surface area contributed by atoms with E-state index in [4.69, 9.17) is 5.73 Å². The molecule has 3 nitrogen and oxygen atoms in total. The highest BCUT2D eigenvalue weighted by Gasteiger charge is 2.62. The van der Waals surface area contributed by atoms with Gasteiger partial charge in [0.15, 0.2) is 5.78 Å². The molecule has 0 aromatic carbocycles. The molecule has 112 valence electrons. The first-order chi connectivity index (χ1) is 9.83. The highest BCUT2D eigenvalue weighted by atomic mass is 16.1. The van der Waals surface area contributed by atoms with Gasteiger partial charge < -0.3 is 5.73 Å². The molecule has 1 heterocycles. The lowest BCUT2D eigenvalue weighted by Crippen LogP contribution is -2.57. The van der Waals surface area contributed by atoms with Crippen molar-refractivity contribution in [3.8, 4) is 0 Å². The Bertz CT molecular complexity index is 605. The van der Waals surface area contributed by atoms with Gasteiger partial charge in [0.2, 0.25) is 0 Å². The van der Waals surface area contributed by atoms with E-state index >= 15 is 0 Å². The molecule has 0 saturated heterocycles. The van der Waals surface area contributed by atoms with Crippen LogP contribution in [0, 0.1) is 22.2 Å². The van der Waals surface area contributed by atoms with Gasteiger partial charge in [-0.3, -0.25) is 9.78 Å². The van der Waals surface area contributed by atoms with Crippen LogP contribution in [0.2, 0.25) is 0 Å². The van der Waals surface area contributed by atoms with Gasteiger partial charge in [0.1, 0.15) is 0 Å². The van der Waals surface area contributed by atoms with Crippen LogP contribution in [0.25, 0.3) is 0 Å². The summed E-state index contributed by atoms with van der Waals surface area (Å²) < 4.78 is 0. The Balaban J connectivity index is 1.78. The second-order valence-electron chi connectivity index (χ2n) is 8.70. The minimum Gasteiger partial charge on any atom is -0.398 e. The van der Waals surface area contributed by atoms with E-state index < -0.39 is 0 Å². The number of nitrogens with zero attached hydrogens (tertiary/aromatic N) is 1. The zero-order chi connectivity index (χ0) is 14.9. The predicted octanol–water partition coefficient (Wildman–Crippen LogP) is 3.84. The van der Waals surface area contributed by atoms with Gasteiger partial charge in [0.25, 0.3) is 0 Å². The number of ketones is 1. The molecule has 2 N–H and O–H groups in total. The van der Waals surface area contributed by atoms with Crippen molar-refractivity contribution in [3.63, 3.8) is 0 Å². The summed E-state index contributed by atoms with van der Waals surface area (Å²) in [6.07, 6.45) is 10.4. The lowest BCUT2D eigenvalue weighted by molar-refractivity contribution is -0.125. The third kappa shape index (κ3) is 1.86. The number of hydrogen-bond donors (Lipinski definition) is 1. The molecule has 4 saturated carbocycles. The maximum Gasteiger partial charge on any atom is 0.172 e. The second kappa shape index (κ2) is 3.88. The number of Topliss-reactive ketones (excluding diaryl/α,β-unsaturated/α-hetero) is 1. The third-order valence-electron chi connectivity index (χ3n) is 6.21. The number of carbonyl (C=O) groups excluding carboxylic acids is 1. The first-order valence-electron chi connectivity index (χ1n) is 8.08. The van der Waals surface area contributed by atoms with Gasteiger partial charge in [-0.1, -0.05) is 13.8 Å². The highest BCUT2D eigenvalue weighted by molar-refractivity contribution is 6.04.